The monoisotopic (exact) mass is 298 g/mol. The van der Waals surface area contributed by atoms with Crippen LogP contribution in [0.3, 0.4) is 0 Å². The van der Waals surface area contributed by atoms with Crippen molar-refractivity contribution in [1.29, 1.82) is 0 Å². The Morgan fingerprint density at radius 3 is 2.56 bits per heavy atom. The topological polar surface area (TPSA) is 115 Å². The quantitative estimate of drug-likeness (QED) is 0.120. The summed E-state index contributed by atoms with van der Waals surface area (Å²) in [7, 11) is -5.78. The molecule has 10 heteroatoms. The highest BCUT2D eigenvalue weighted by Gasteiger charge is 2.35. The molecule has 0 radical (unpaired) electrons. The van der Waals surface area contributed by atoms with Gasteiger partial charge in [0.15, 0.2) is 0 Å². The standard InChI is InChI=1S/C8H18O8Si2/c1-7(2)8(9)14-5-4-6-18(11,12)16-15-17(10)13-3/h10-12,17H,1,4-6H2,2-3H3. The van der Waals surface area contributed by atoms with Crippen molar-refractivity contribution in [2.75, 3.05) is 13.7 Å². The maximum atomic E-state index is 11.0. The first-order valence-corrected chi connectivity index (χ1v) is 8.58. The van der Waals surface area contributed by atoms with Gasteiger partial charge in [-0.15, -0.1) is 0 Å². The number of hydrogen-bond donors (Lipinski definition) is 3. The Hall–Kier alpha value is -0.596. The van der Waals surface area contributed by atoms with Crippen molar-refractivity contribution in [3.05, 3.63) is 12.2 Å². The van der Waals surface area contributed by atoms with Gasteiger partial charge in [0.05, 0.1) is 6.61 Å². The second kappa shape index (κ2) is 8.50. The van der Waals surface area contributed by atoms with Crippen LogP contribution in [0.25, 0.3) is 0 Å². The van der Waals surface area contributed by atoms with Crippen LogP contribution in [0.4, 0.5) is 0 Å². The van der Waals surface area contributed by atoms with Crippen molar-refractivity contribution in [2.24, 2.45) is 0 Å². The highest BCUT2D eigenvalue weighted by molar-refractivity contribution is 6.57. The molecule has 3 N–H and O–H groups in total. The highest BCUT2D eigenvalue weighted by Crippen LogP contribution is 2.09. The second-order valence-corrected chi connectivity index (χ2v) is 6.92. The lowest BCUT2D eigenvalue weighted by atomic mass is 10.4. The first kappa shape index (κ1) is 17.4. The molecule has 1 unspecified atom stereocenters. The summed E-state index contributed by atoms with van der Waals surface area (Å²) in [5.74, 6) is -0.544. The molecule has 0 aromatic rings. The van der Waals surface area contributed by atoms with E-state index in [1.807, 2.05) is 0 Å². The van der Waals surface area contributed by atoms with Crippen LogP contribution >= 0.6 is 0 Å². The zero-order valence-corrected chi connectivity index (χ0v) is 12.4. The largest absolute Gasteiger partial charge is 0.523 e. The fourth-order valence-electron chi connectivity index (χ4n) is 0.790. The predicted molar refractivity (Wildman–Crippen MR) is 63.9 cm³/mol. The van der Waals surface area contributed by atoms with E-state index < -0.39 is 24.3 Å². The Morgan fingerprint density at radius 2 is 2.06 bits per heavy atom. The van der Waals surface area contributed by atoms with Crippen LogP contribution in [0.5, 0.6) is 0 Å². The van der Waals surface area contributed by atoms with E-state index in [4.69, 9.17) is 9.53 Å². The summed E-state index contributed by atoms with van der Waals surface area (Å²) in [5.41, 5.74) is 0.264. The fraction of sp³-hybridized carbons (Fsp3) is 0.625. The number of ether oxygens (including phenoxy) is 1. The first-order valence-electron chi connectivity index (χ1n) is 5.11. The van der Waals surface area contributed by atoms with Gasteiger partial charge >= 0.3 is 24.3 Å². The average Bonchev–Trinajstić information content (AvgIpc) is 2.31. The molecule has 0 aromatic heterocycles. The van der Waals surface area contributed by atoms with Crippen LogP contribution in [-0.2, 0) is 23.1 Å². The van der Waals surface area contributed by atoms with E-state index in [2.05, 4.69) is 20.2 Å². The molecule has 0 spiro atoms. The lowest BCUT2D eigenvalue weighted by Gasteiger charge is -2.17. The van der Waals surface area contributed by atoms with Crippen LogP contribution in [0.1, 0.15) is 13.3 Å². The van der Waals surface area contributed by atoms with Crippen LogP contribution in [0.15, 0.2) is 12.2 Å². The summed E-state index contributed by atoms with van der Waals surface area (Å²) in [6, 6.07) is -0.138. The summed E-state index contributed by atoms with van der Waals surface area (Å²) in [4.78, 5) is 38.7. The van der Waals surface area contributed by atoms with Gasteiger partial charge in [-0.2, -0.15) is 0 Å². The highest BCUT2D eigenvalue weighted by atomic mass is 28.4. The van der Waals surface area contributed by atoms with Gasteiger partial charge in [0.2, 0.25) is 0 Å². The minimum Gasteiger partial charge on any atom is -0.462 e. The van der Waals surface area contributed by atoms with Gasteiger partial charge in [-0.05, 0) is 13.3 Å². The molecule has 0 heterocycles. The number of carbonyl (C=O) groups is 1. The summed E-state index contributed by atoms with van der Waals surface area (Å²) in [6.07, 6.45) is 0.187. The summed E-state index contributed by atoms with van der Waals surface area (Å²) >= 11 is 0. The Bertz CT molecular complexity index is 282. The number of rotatable bonds is 9. The smallest absolute Gasteiger partial charge is 0.462 e. The van der Waals surface area contributed by atoms with E-state index in [0.717, 1.165) is 0 Å². The van der Waals surface area contributed by atoms with Gasteiger partial charge in [0.1, 0.15) is 0 Å². The van der Waals surface area contributed by atoms with Crippen molar-refractivity contribution in [3.8, 4) is 0 Å². The van der Waals surface area contributed by atoms with Gasteiger partial charge in [0, 0.05) is 18.7 Å². The molecular formula is C8H18O8Si2. The van der Waals surface area contributed by atoms with Crippen LogP contribution < -0.4 is 0 Å². The average molecular weight is 298 g/mol. The molecule has 0 rings (SSSR count). The lowest BCUT2D eigenvalue weighted by Crippen LogP contribution is -2.41. The van der Waals surface area contributed by atoms with Crippen LogP contribution in [-0.4, -0.2) is 52.4 Å². The van der Waals surface area contributed by atoms with E-state index in [1.54, 1.807) is 0 Å². The zero-order valence-electron chi connectivity index (χ0n) is 10.3. The number of carbonyl (C=O) groups excluding carboxylic acids is 1. The molecule has 0 amide bonds. The Balaban J connectivity index is 3.76. The summed E-state index contributed by atoms with van der Waals surface area (Å²) in [5, 5.41) is 0. The summed E-state index contributed by atoms with van der Waals surface area (Å²) < 4.78 is 17.7. The molecule has 0 saturated carbocycles. The van der Waals surface area contributed by atoms with E-state index in [9.17, 15) is 14.4 Å². The van der Waals surface area contributed by atoms with Gasteiger partial charge in [-0.25, -0.2) is 13.9 Å². The van der Waals surface area contributed by atoms with Gasteiger partial charge in [-0.3, -0.25) is 0 Å². The molecule has 106 valence electrons. The third kappa shape index (κ3) is 8.49. The SMILES string of the molecule is C=C(C)C(=O)OCCC[Si](O)(O)OO[SiH](O)OC. The van der Waals surface area contributed by atoms with Gasteiger partial charge in [0.25, 0.3) is 0 Å². The third-order valence-corrected chi connectivity index (χ3v) is 3.92. The van der Waals surface area contributed by atoms with E-state index in [-0.39, 0.29) is 24.6 Å². The molecule has 0 aliphatic rings. The van der Waals surface area contributed by atoms with Crippen molar-refractivity contribution >= 4 is 24.3 Å². The molecule has 0 bridgehead atoms. The Labute approximate surface area is 108 Å². The van der Waals surface area contributed by atoms with Crippen molar-refractivity contribution in [2.45, 2.75) is 19.4 Å². The van der Waals surface area contributed by atoms with Gasteiger partial charge < -0.3 is 23.5 Å². The molecule has 1 atom stereocenters. The molecule has 0 aliphatic carbocycles. The van der Waals surface area contributed by atoms with Crippen molar-refractivity contribution in [1.82, 2.24) is 0 Å². The Kier molecular flexibility index (Phi) is 8.21. The molecule has 0 fully saturated rings. The zero-order chi connectivity index (χ0) is 14.2. The van der Waals surface area contributed by atoms with Crippen molar-refractivity contribution < 1.29 is 37.5 Å². The number of hydrogen-bond acceptors (Lipinski definition) is 8. The molecule has 18 heavy (non-hydrogen) atoms. The molecule has 0 aromatic carbocycles. The van der Waals surface area contributed by atoms with E-state index in [0.29, 0.717) is 0 Å². The molecule has 0 saturated heterocycles. The Morgan fingerprint density at radius 1 is 1.44 bits per heavy atom. The number of esters is 1. The lowest BCUT2D eigenvalue weighted by molar-refractivity contribution is -0.185. The maximum absolute atomic E-state index is 11.0. The fourth-order valence-corrected chi connectivity index (χ4v) is 2.50. The maximum Gasteiger partial charge on any atom is 0.523 e. The molecule has 8 nitrogen and oxygen atoms in total. The predicted octanol–water partition coefficient (Wildman–Crippen LogP) is -1.28. The minimum atomic E-state index is -4.02. The van der Waals surface area contributed by atoms with Crippen molar-refractivity contribution in [3.63, 3.8) is 0 Å². The van der Waals surface area contributed by atoms with E-state index in [1.165, 1.54) is 14.0 Å². The first-order chi connectivity index (χ1) is 8.28. The molecular weight excluding hydrogens is 280 g/mol. The minimum absolute atomic E-state index is 0.00911. The summed E-state index contributed by atoms with van der Waals surface area (Å²) in [6.45, 7) is 4.91. The van der Waals surface area contributed by atoms with Crippen LogP contribution in [0, 0.1) is 0 Å². The van der Waals surface area contributed by atoms with E-state index >= 15 is 0 Å². The van der Waals surface area contributed by atoms with Crippen LogP contribution in [0.2, 0.25) is 6.04 Å². The molecule has 0 aliphatic heterocycles. The normalized spacial score (nSPS) is 13.2. The van der Waals surface area contributed by atoms with Gasteiger partial charge in [-0.1, -0.05) is 6.58 Å². The third-order valence-electron chi connectivity index (χ3n) is 1.69. The second-order valence-electron chi connectivity index (χ2n) is 3.49.